The molecule has 1 saturated heterocycles. The largest absolute Gasteiger partial charge is 0.445 e. The molecule has 0 atom stereocenters. The van der Waals surface area contributed by atoms with E-state index in [9.17, 15) is 4.79 Å². The Labute approximate surface area is 146 Å². The summed E-state index contributed by atoms with van der Waals surface area (Å²) in [4.78, 5) is 16.3. The number of nitrogens with zero attached hydrogens (tertiary/aromatic N) is 2. The minimum Gasteiger partial charge on any atom is -0.445 e. The van der Waals surface area contributed by atoms with Gasteiger partial charge in [-0.3, -0.25) is 0 Å². The third kappa shape index (κ3) is 6.49. The Morgan fingerprint density at radius 1 is 1.25 bits per heavy atom. The van der Waals surface area contributed by atoms with Gasteiger partial charge in [0.25, 0.3) is 0 Å². The van der Waals surface area contributed by atoms with Gasteiger partial charge in [0.1, 0.15) is 6.61 Å². The summed E-state index contributed by atoms with van der Waals surface area (Å²) in [6, 6.07) is 10.3. The number of piperidine rings is 1. The highest BCUT2D eigenvalue weighted by Crippen LogP contribution is 2.12. The van der Waals surface area contributed by atoms with Crippen LogP contribution in [-0.2, 0) is 11.3 Å². The van der Waals surface area contributed by atoms with Crippen LogP contribution in [0.5, 0.6) is 0 Å². The third-order valence-corrected chi connectivity index (χ3v) is 4.49. The number of ether oxygens (including phenoxy) is 1. The topological polar surface area (TPSA) is 44.8 Å². The number of rotatable bonds is 8. The highest BCUT2D eigenvalue weighted by Gasteiger charge is 2.23. The van der Waals surface area contributed by atoms with E-state index in [-0.39, 0.29) is 6.09 Å². The molecule has 1 amide bonds. The fourth-order valence-electron chi connectivity index (χ4n) is 3.03. The van der Waals surface area contributed by atoms with Gasteiger partial charge in [0.2, 0.25) is 0 Å². The number of carbonyl (C=O) groups excluding carboxylic acids is 1. The molecule has 0 bridgehead atoms. The van der Waals surface area contributed by atoms with Gasteiger partial charge in [-0.25, -0.2) is 4.79 Å². The predicted molar refractivity (Wildman–Crippen MR) is 97.0 cm³/mol. The molecule has 1 fully saturated rings. The summed E-state index contributed by atoms with van der Waals surface area (Å²) in [5, 5.41) is 3.61. The molecular formula is C19H31N3O2. The molecule has 24 heavy (non-hydrogen) atoms. The van der Waals surface area contributed by atoms with Crippen LogP contribution in [0.4, 0.5) is 4.79 Å². The summed E-state index contributed by atoms with van der Waals surface area (Å²) in [6.45, 7) is 7.34. The van der Waals surface area contributed by atoms with Crippen LogP contribution in [0.2, 0.25) is 0 Å². The molecule has 0 aliphatic carbocycles. The second-order valence-electron chi connectivity index (χ2n) is 6.56. The van der Waals surface area contributed by atoms with Crippen LogP contribution in [0.3, 0.4) is 0 Å². The Morgan fingerprint density at radius 3 is 2.62 bits per heavy atom. The fourth-order valence-corrected chi connectivity index (χ4v) is 3.03. The van der Waals surface area contributed by atoms with Crippen molar-refractivity contribution in [3.05, 3.63) is 35.9 Å². The first-order valence-corrected chi connectivity index (χ1v) is 9.06. The zero-order valence-corrected chi connectivity index (χ0v) is 15.0. The zero-order valence-electron chi connectivity index (χ0n) is 15.0. The van der Waals surface area contributed by atoms with E-state index in [0.717, 1.165) is 51.1 Å². The van der Waals surface area contributed by atoms with E-state index in [1.807, 2.05) is 35.2 Å². The summed E-state index contributed by atoms with van der Waals surface area (Å²) >= 11 is 0. The van der Waals surface area contributed by atoms with Gasteiger partial charge in [0, 0.05) is 32.2 Å². The highest BCUT2D eigenvalue weighted by atomic mass is 16.6. The van der Waals surface area contributed by atoms with Crippen LogP contribution in [-0.4, -0.2) is 61.7 Å². The Morgan fingerprint density at radius 2 is 1.96 bits per heavy atom. The first-order valence-electron chi connectivity index (χ1n) is 9.06. The van der Waals surface area contributed by atoms with Crippen molar-refractivity contribution in [3.63, 3.8) is 0 Å². The SMILES string of the molecule is CCCN(C)CCNC1CCN(C(=O)OCc2ccccc2)CC1. The van der Waals surface area contributed by atoms with Crippen molar-refractivity contribution >= 4 is 6.09 Å². The van der Waals surface area contributed by atoms with Crippen molar-refractivity contribution in [2.75, 3.05) is 39.8 Å². The standard InChI is InChI=1S/C19H31N3O2/c1-3-12-21(2)15-11-20-18-9-13-22(14-10-18)19(23)24-16-17-7-5-4-6-8-17/h4-8,18,20H,3,9-16H2,1-2H3. The molecule has 5 heteroatoms. The highest BCUT2D eigenvalue weighted by molar-refractivity contribution is 5.67. The minimum atomic E-state index is -0.194. The number of hydrogen-bond donors (Lipinski definition) is 1. The molecule has 1 aliphatic rings. The molecule has 2 rings (SSSR count). The average molecular weight is 333 g/mol. The Hall–Kier alpha value is -1.59. The van der Waals surface area contributed by atoms with Crippen LogP contribution in [0.1, 0.15) is 31.7 Å². The Kier molecular flexibility index (Phi) is 8.05. The number of nitrogens with one attached hydrogen (secondary N) is 1. The summed E-state index contributed by atoms with van der Waals surface area (Å²) in [7, 11) is 2.16. The quantitative estimate of drug-likeness (QED) is 0.794. The van der Waals surface area contributed by atoms with Gasteiger partial charge in [-0.2, -0.15) is 0 Å². The summed E-state index contributed by atoms with van der Waals surface area (Å²) in [6.07, 6.45) is 3.00. The molecule has 1 aliphatic heterocycles. The van der Waals surface area contributed by atoms with Crippen molar-refractivity contribution in [3.8, 4) is 0 Å². The lowest BCUT2D eigenvalue weighted by Crippen LogP contribution is -2.46. The smallest absolute Gasteiger partial charge is 0.410 e. The number of amides is 1. The molecular weight excluding hydrogens is 302 g/mol. The molecule has 1 aromatic rings. The maximum absolute atomic E-state index is 12.1. The lowest BCUT2D eigenvalue weighted by molar-refractivity contribution is 0.0852. The molecule has 0 spiro atoms. The maximum atomic E-state index is 12.1. The number of likely N-dealkylation sites (tertiary alicyclic amines) is 1. The van der Waals surface area contributed by atoms with Gasteiger partial charge in [-0.1, -0.05) is 37.3 Å². The van der Waals surface area contributed by atoms with Crippen LogP contribution >= 0.6 is 0 Å². The number of hydrogen-bond acceptors (Lipinski definition) is 4. The van der Waals surface area contributed by atoms with E-state index < -0.39 is 0 Å². The van der Waals surface area contributed by atoms with Crippen molar-refractivity contribution in [1.82, 2.24) is 15.1 Å². The van der Waals surface area contributed by atoms with E-state index in [1.165, 1.54) is 6.42 Å². The van der Waals surface area contributed by atoms with Gasteiger partial charge in [0.15, 0.2) is 0 Å². The summed E-state index contributed by atoms with van der Waals surface area (Å²) < 4.78 is 5.40. The number of likely N-dealkylation sites (N-methyl/N-ethyl adjacent to an activating group) is 1. The summed E-state index contributed by atoms with van der Waals surface area (Å²) in [5.74, 6) is 0. The number of carbonyl (C=O) groups is 1. The van der Waals surface area contributed by atoms with E-state index in [0.29, 0.717) is 12.6 Å². The molecule has 134 valence electrons. The number of benzene rings is 1. The van der Waals surface area contributed by atoms with Crippen molar-refractivity contribution in [1.29, 1.82) is 0 Å². The van der Waals surface area contributed by atoms with Gasteiger partial charge in [0.05, 0.1) is 0 Å². The predicted octanol–water partition coefficient (Wildman–Crippen LogP) is 2.72. The summed E-state index contributed by atoms with van der Waals surface area (Å²) in [5.41, 5.74) is 1.03. The normalized spacial score (nSPS) is 15.7. The second-order valence-corrected chi connectivity index (χ2v) is 6.56. The van der Waals surface area contributed by atoms with Crippen molar-refractivity contribution in [2.45, 2.75) is 38.8 Å². The van der Waals surface area contributed by atoms with Crippen molar-refractivity contribution in [2.24, 2.45) is 0 Å². The molecule has 0 radical (unpaired) electrons. The van der Waals surface area contributed by atoms with E-state index in [1.54, 1.807) is 0 Å². The molecule has 1 N–H and O–H groups in total. The molecule has 0 unspecified atom stereocenters. The molecule has 1 heterocycles. The first kappa shape index (κ1) is 18.7. The van der Waals surface area contributed by atoms with Gasteiger partial charge in [-0.15, -0.1) is 0 Å². The second kappa shape index (κ2) is 10.3. The molecule has 1 aromatic carbocycles. The molecule has 0 aromatic heterocycles. The average Bonchev–Trinajstić information content (AvgIpc) is 2.61. The zero-order chi connectivity index (χ0) is 17.2. The van der Waals surface area contributed by atoms with Crippen molar-refractivity contribution < 1.29 is 9.53 Å². The Bertz CT molecular complexity index is 473. The van der Waals surface area contributed by atoms with Gasteiger partial charge < -0.3 is 19.9 Å². The molecule has 0 saturated carbocycles. The fraction of sp³-hybridized carbons (Fsp3) is 0.632. The first-order chi connectivity index (χ1) is 11.7. The van der Waals surface area contributed by atoms with Crippen LogP contribution in [0, 0.1) is 0 Å². The lowest BCUT2D eigenvalue weighted by Gasteiger charge is -2.32. The van der Waals surface area contributed by atoms with E-state index in [4.69, 9.17) is 4.74 Å². The van der Waals surface area contributed by atoms with Crippen LogP contribution < -0.4 is 5.32 Å². The Balaban J connectivity index is 1.60. The van der Waals surface area contributed by atoms with Crippen LogP contribution in [0.15, 0.2) is 30.3 Å². The minimum absolute atomic E-state index is 0.194. The monoisotopic (exact) mass is 333 g/mol. The third-order valence-electron chi connectivity index (χ3n) is 4.49. The van der Waals surface area contributed by atoms with Gasteiger partial charge >= 0.3 is 6.09 Å². The maximum Gasteiger partial charge on any atom is 0.410 e. The van der Waals surface area contributed by atoms with Gasteiger partial charge in [-0.05, 0) is 38.4 Å². The molecule has 5 nitrogen and oxygen atoms in total. The van der Waals surface area contributed by atoms with E-state index in [2.05, 4.69) is 24.2 Å². The van der Waals surface area contributed by atoms with Crippen LogP contribution in [0.25, 0.3) is 0 Å². The van der Waals surface area contributed by atoms with E-state index >= 15 is 0 Å². The lowest BCUT2D eigenvalue weighted by atomic mass is 10.1.